The molecule has 0 bridgehead atoms. The topological polar surface area (TPSA) is 74.6 Å². The molecule has 1 rings (SSSR count). The van der Waals surface area contributed by atoms with Crippen molar-refractivity contribution in [2.24, 2.45) is 0 Å². The van der Waals surface area contributed by atoms with Gasteiger partial charge < -0.3 is 10.2 Å². The summed E-state index contributed by atoms with van der Waals surface area (Å²) in [5, 5.41) is 17.2. The van der Waals surface area contributed by atoms with Crippen molar-refractivity contribution < 1.29 is 28.6 Å². The van der Waals surface area contributed by atoms with Crippen LogP contribution in [0, 0.1) is 11.6 Å². The highest BCUT2D eigenvalue weighted by Crippen LogP contribution is 2.26. The van der Waals surface area contributed by atoms with Crippen LogP contribution in [0.15, 0.2) is 18.2 Å². The summed E-state index contributed by atoms with van der Waals surface area (Å²) in [5.74, 6) is -5.21. The van der Waals surface area contributed by atoms with Crippen LogP contribution in [0.25, 0.3) is 0 Å². The first-order valence-electron chi connectivity index (χ1n) is 4.78. The second kappa shape index (κ2) is 5.38. The van der Waals surface area contributed by atoms with Gasteiger partial charge in [0.2, 0.25) is 0 Å². The zero-order valence-electron chi connectivity index (χ0n) is 8.69. The number of carboxylic acid groups (broad SMARTS) is 2. The minimum Gasteiger partial charge on any atom is -0.481 e. The van der Waals surface area contributed by atoms with E-state index in [4.69, 9.17) is 10.2 Å². The first-order valence-corrected chi connectivity index (χ1v) is 4.78. The first-order chi connectivity index (χ1) is 7.90. The van der Waals surface area contributed by atoms with Crippen LogP contribution >= 0.6 is 0 Å². The van der Waals surface area contributed by atoms with E-state index in [1.807, 2.05) is 0 Å². The lowest BCUT2D eigenvalue weighted by Crippen LogP contribution is -2.12. The lowest BCUT2D eigenvalue weighted by Gasteiger charge is -2.13. The summed E-state index contributed by atoms with van der Waals surface area (Å²) in [6.07, 6.45) is -1.04. The van der Waals surface area contributed by atoms with Gasteiger partial charge in [-0.25, -0.2) is 8.78 Å². The van der Waals surface area contributed by atoms with Gasteiger partial charge >= 0.3 is 11.9 Å². The molecule has 0 fully saturated rings. The molecule has 0 radical (unpaired) electrons. The average Bonchev–Trinajstić information content (AvgIpc) is 2.14. The molecular formula is C11H10F2O4. The third-order valence-corrected chi connectivity index (χ3v) is 2.24. The molecule has 6 heteroatoms. The van der Waals surface area contributed by atoms with Crippen LogP contribution in [-0.2, 0) is 9.59 Å². The standard InChI is InChI=1S/C11H10F2O4/c12-7-1-2-8(9(13)5-7)6(3-10(14)15)4-11(16)17/h1-2,5-6H,3-4H2,(H,14,15)(H,16,17). The molecule has 1 aromatic rings. The van der Waals surface area contributed by atoms with Crippen LogP contribution in [-0.4, -0.2) is 22.2 Å². The largest absolute Gasteiger partial charge is 0.481 e. The fourth-order valence-corrected chi connectivity index (χ4v) is 1.55. The minimum atomic E-state index is -1.24. The average molecular weight is 244 g/mol. The lowest BCUT2D eigenvalue weighted by molar-refractivity contribution is -0.139. The molecule has 0 heterocycles. The molecular weight excluding hydrogens is 234 g/mol. The second-order valence-corrected chi connectivity index (χ2v) is 3.56. The van der Waals surface area contributed by atoms with E-state index < -0.39 is 42.3 Å². The number of carbonyl (C=O) groups is 2. The number of halogens is 2. The van der Waals surface area contributed by atoms with Gasteiger partial charge in [-0.3, -0.25) is 9.59 Å². The number of benzene rings is 1. The molecule has 17 heavy (non-hydrogen) atoms. The summed E-state index contributed by atoms with van der Waals surface area (Å²) in [4.78, 5) is 21.1. The van der Waals surface area contributed by atoms with Crippen LogP contribution in [0.2, 0.25) is 0 Å². The quantitative estimate of drug-likeness (QED) is 0.830. The number of rotatable bonds is 5. The Bertz CT molecular complexity index is 429. The monoisotopic (exact) mass is 244 g/mol. The number of hydrogen-bond donors (Lipinski definition) is 2. The molecule has 0 spiro atoms. The number of carboxylic acids is 2. The normalized spacial score (nSPS) is 10.5. The molecule has 0 unspecified atom stereocenters. The molecule has 0 aliphatic carbocycles. The van der Waals surface area contributed by atoms with E-state index in [2.05, 4.69) is 0 Å². The molecule has 0 atom stereocenters. The maximum atomic E-state index is 13.4. The van der Waals surface area contributed by atoms with Crippen molar-refractivity contribution in [3.05, 3.63) is 35.4 Å². The predicted molar refractivity (Wildman–Crippen MR) is 53.6 cm³/mol. The zero-order valence-corrected chi connectivity index (χ0v) is 8.69. The Hall–Kier alpha value is -1.98. The first kappa shape index (κ1) is 13.1. The van der Waals surface area contributed by atoms with Crippen molar-refractivity contribution in [2.45, 2.75) is 18.8 Å². The van der Waals surface area contributed by atoms with Crippen LogP contribution in [0.5, 0.6) is 0 Å². The van der Waals surface area contributed by atoms with Crippen LogP contribution in [0.3, 0.4) is 0 Å². The fourth-order valence-electron chi connectivity index (χ4n) is 1.55. The summed E-state index contributed by atoms with van der Waals surface area (Å²) in [6, 6.07) is 2.64. The second-order valence-electron chi connectivity index (χ2n) is 3.56. The Morgan fingerprint density at radius 3 is 2.06 bits per heavy atom. The maximum Gasteiger partial charge on any atom is 0.303 e. The van der Waals surface area contributed by atoms with E-state index in [9.17, 15) is 18.4 Å². The highest BCUT2D eigenvalue weighted by atomic mass is 19.1. The highest BCUT2D eigenvalue weighted by molar-refractivity contribution is 5.72. The van der Waals surface area contributed by atoms with E-state index >= 15 is 0 Å². The van der Waals surface area contributed by atoms with E-state index in [0.29, 0.717) is 6.07 Å². The van der Waals surface area contributed by atoms with E-state index in [1.54, 1.807) is 0 Å². The molecule has 0 aliphatic heterocycles. The fraction of sp³-hybridized carbons (Fsp3) is 0.273. The van der Waals surface area contributed by atoms with Crippen LogP contribution in [0.1, 0.15) is 24.3 Å². The Kier molecular flexibility index (Phi) is 4.14. The molecule has 4 nitrogen and oxygen atoms in total. The van der Waals surface area contributed by atoms with E-state index in [1.165, 1.54) is 0 Å². The van der Waals surface area contributed by atoms with Gasteiger partial charge in [-0.2, -0.15) is 0 Å². The van der Waals surface area contributed by atoms with Crippen LogP contribution < -0.4 is 0 Å². The summed E-state index contributed by atoms with van der Waals surface area (Å²) in [5.41, 5.74) is -0.101. The van der Waals surface area contributed by atoms with Gasteiger partial charge in [0.25, 0.3) is 0 Å². The van der Waals surface area contributed by atoms with Crippen molar-refractivity contribution in [3.63, 3.8) is 0 Å². The minimum absolute atomic E-state index is 0.101. The van der Waals surface area contributed by atoms with Gasteiger partial charge in [0.15, 0.2) is 0 Å². The molecule has 92 valence electrons. The van der Waals surface area contributed by atoms with E-state index in [-0.39, 0.29) is 5.56 Å². The van der Waals surface area contributed by atoms with Crippen molar-refractivity contribution in [1.82, 2.24) is 0 Å². The van der Waals surface area contributed by atoms with Gasteiger partial charge in [-0.05, 0) is 11.6 Å². The maximum absolute atomic E-state index is 13.4. The van der Waals surface area contributed by atoms with Gasteiger partial charge in [-0.1, -0.05) is 6.07 Å². The van der Waals surface area contributed by atoms with Crippen molar-refractivity contribution in [1.29, 1.82) is 0 Å². The Morgan fingerprint density at radius 2 is 1.65 bits per heavy atom. The third-order valence-electron chi connectivity index (χ3n) is 2.24. The van der Waals surface area contributed by atoms with Gasteiger partial charge in [0.05, 0.1) is 12.8 Å². The van der Waals surface area contributed by atoms with Gasteiger partial charge in [0.1, 0.15) is 11.6 Å². The van der Waals surface area contributed by atoms with Gasteiger partial charge in [0, 0.05) is 12.0 Å². The Labute approximate surface area is 95.5 Å². The van der Waals surface area contributed by atoms with E-state index in [0.717, 1.165) is 12.1 Å². The molecule has 2 N–H and O–H groups in total. The predicted octanol–water partition coefficient (Wildman–Crippen LogP) is 2.00. The van der Waals surface area contributed by atoms with Crippen molar-refractivity contribution in [2.75, 3.05) is 0 Å². The van der Waals surface area contributed by atoms with Crippen LogP contribution in [0.4, 0.5) is 8.78 Å². The number of hydrogen-bond acceptors (Lipinski definition) is 2. The molecule has 0 aromatic heterocycles. The smallest absolute Gasteiger partial charge is 0.303 e. The number of aliphatic carboxylic acids is 2. The zero-order chi connectivity index (χ0) is 13.0. The Balaban J connectivity index is 3.02. The molecule has 0 saturated carbocycles. The van der Waals surface area contributed by atoms with Gasteiger partial charge in [-0.15, -0.1) is 0 Å². The molecule has 0 aliphatic rings. The SMILES string of the molecule is O=C(O)CC(CC(=O)O)c1ccc(F)cc1F. The summed E-state index contributed by atoms with van der Waals surface area (Å²) in [6.45, 7) is 0. The third kappa shape index (κ3) is 3.82. The van der Waals surface area contributed by atoms with Crippen molar-refractivity contribution >= 4 is 11.9 Å². The summed E-state index contributed by atoms with van der Waals surface area (Å²) in [7, 11) is 0. The summed E-state index contributed by atoms with van der Waals surface area (Å²) < 4.78 is 26.0. The summed E-state index contributed by atoms with van der Waals surface area (Å²) >= 11 is 0. The molecule has 0 amide bonds. The molecule has 0 saturated heterocycles. The Morgan fingerprint density at radius 1 is 1.12 bits per heavy atom. The highest BCUT2D eigenvalue weighted by Gasteiger charge is 2.22. The lowest BCUT2D eigenvalue weighted by atomic mass is 9.92. The van der Waals surface area contributed by atoms with Crippen molar-refractivity contribution in [3.8, 4) is 0 Å². The molecule has 1 aromatic carbocycles.